The summed E-state index contributed by atoms with van der Waals surface area (Å²) in [5.41, 5.74) is 2.76. The van der Waals surface area contributed by atoms with E-state index in [0.29, 0.717) is 0 Å². The quantitative estimate of drug-likeness (QED) is 0.789. The van der Waals surface area contributed by atoms with Crippen LogP contribution in [-0.4, -0.2) is 37.1 Å². The van der Waals surface area contributed by atoms with Crippen LogP contribution in [-0.2, 0) is 0 Å². The first-order chi connectivity index (χ1) is 8.83. The van der Waals surface area contributed by atoms with Gasteiger partial charge in [0, 0.05) is 24.8 Å². The van der Waals surface area contributed by atoms with Gasteiger partial charge in [-0.1, -0.05) is 17.7 Å². The van der Waals surface area contributed by atoms with Crippen molar-refractivity contribution in [2.24, 2.45) is 0 Å². The van der Waals surface area contributed by atoms with Crippen molar-refractivity contribution in [1.82, 2.24) is 4.90 Å². The Kier molecular flexibility index (Phi) is 3.55. The van der Waals surface area contributed by atoms with E-state index < -0.39 is 0 Å². The highest BCUT2D eigenvalue weighted by Crippen LogP contribution is 2.24. The third-order valence-corrected chi connectivity index (χ3v) is 4.52. The van der Waals surface area contributed by atoms with Crippen LogP contribution in [0.15, 0.2) is 24.3 Å². The summed E-state index contributed by atoms with van der Waals surface area (Å²) in [6, 6.07) is 9.84. The fourth-order valence-electron chi connectivity index (χ4n) is 3.35. The molecule has 0 spiro atoms. The lowest BCUT2D eigenvalue weighted by atomic mass is 10.0. The minimum Gasteiger partial charge on any atom is -0.371 e. The number of aryl methyl sites for hydroxylation is 1. The Bertz CT molecular complexity index is 371. The minimum atomic E-state index is 0.856. The molecule has 0 aliphatic carbocycles. The van der Waals surface area contributed by atoms with Gasteiger partial charge in [0.2, 0.25) is 0 Å². The number of anilines is 1. The van der Waals surface area contributed by atoms with Crippen LogP contribution in [0.5, 0.6) is 0 Å². The molecule has 0 unspecified atom stereocenters. The van der Waals surface area contributed by atoms with E-state index in [1.54, 1.807) is 0 Å². The van der Waals surface area contributed by atoms with E-state index in [9.17, 15) is 0 Å². The van der Waals surface area contributed by atoms with Crippen LogP contribution in [0.2, 0.25) is 0 Å². The lowest BCUT2D eigenvalue weighted by molar-refractivity contribution is 0.208. The molecule has 2 heterocycles. The number of nitrogens with zero attached hydrogens (tertiary/aromatic N) is 2. The molecule has 0 amide bonds. The van der Waals surface area contributed by atoms with Gasteiger partial charge in [-0.3, -0.25) is 0 Å². The number of likely N-dealkylation sites (tertiary alicyclic amines) is 1. The Balaban J connectivity index is 1.57. The molecule has 1 aromatic carbocycles. The van der Waals surface area contributed by atoms with E-state index in [2.05, 4.69) is 41.0 Å². The summed E-state index contributed by atoms with van der Waals surface area (Å²) >= 11 is 0. The van der Waals surface area contributed by atoms with Gasteiger partial charge in [-0.25, -0.2) is 0 Å². The molecule has 3 rings (SSSR count). The lowest BCUT2D eigenvalue weighted by Gasteiger charge is -2.37. The van der Waals surface area contributed by atoms with Gasteiger partial charge in [0.1, 0.15) is 0 Å². The smallest absolute Gasteiger partial charge is 0.0366 e. The van der Waals surface area contributed by atoms with Crippen molar-refractivity contribution < 1.29 is 0 Å². The van der Waals surface area contributed by atoms with Crippen LogP contribution in [0.25, 0.3) is 0 Å². The highest BCUT2D eigenvalue weighted by atomic mass is 15.2. The number of hydrogen-bond acceptors (Lipinski definition) is 2. The molecule has 1 aromatic rings. The fraction of sp³-hybridized carbons (Fsp3) is 0.625. The van der Waals surface area contributed by atoms with Crippen LogP contribution < -0.4 is 4.90 Å². The Morgan fingerprint density at radius 2 is 1.50 bits per heavy atom. The first-order valence-electron chi connectivity index (χ1n) is 7.38. The van der Waals surface area contributed by atoms with Crippen molar-refractivity contribution in [3.05, 3.63) is 29.8 Å². The van der Waals surface area contributed by atoms with Crippen LogP contribution in [0.4, 0.5) is 5.69 Å². The minimum absolute atomic E-state index is 0.856. The summed E-state index contributed by atoms with van der Waals surface area (Å²) in [6.45, 7) is 7.29. The average Bonchev–Trinajstić information content (AvgIpc) is 2.94. The zero-order valence-electron chi connectivity index (χ0n) is 11.4. The molecule has 98 valence electrons. The van der Waals surface area contributed by atoms with Gasteiger partial charge in [0.15, 0.2) is 0 Å². The molecule has 2 aliphatic rings. The van der Waals surface area contributed by atoms with E-state index >= 15 is 0 Å². The highest BCUT2D eigenvalue weighted by Gasteiger charge is 2.26. The molecule has 2 heteroatoms. The Morgan fingerprint density at radius 1 is 0.889 bits per heavy atom. The third-order valence-electron chi connectivity index (χ3n) is 4.52. The summed E-state index contributed by atoms with van der Waals surface area (Å²) in [6.07, 6.45) is 5.51. The fourth-order valence-corrected chi connectivity index (χ4v) is 3.35. The highest BCUT2D eigenvalue weighted by molar-refractivity contribution is 5.47. The zero-order chi connectivity index (χ0) is 12.4. The molecule has 0 atom stereocenters. The number of hydrogen-bond donors (Lipinski definition) is 0. The average molecular weight is 244 g/mol. The molecular weight excluding hydrogens is 220 g/mol. The molecular formula is C16H24N2. The molecule has 0 N–H and O–H groups in total. The molecule has 2 aliphatic heterocycles. The summed E-state index contributed by atoms with van der Waals surface area (Å²) in [4.78, 5) is 5.26. The Morgan fingerprint density at radius 3 is 2.11 bits per heavy atom. The number of piperidine rings is 1. The van der Waals surface area contributed by atoms with Crippen LogP contribution >= 0.6 is 0 Å². The predicted octanol–water partition coefficient (Wildman–Crippen LogP) is 3.06. The first-order valence-corrected chi connectivity index (χ1v) is 7.38. The normalized spacial score (nSPS) is 22.6. The van der Waals surface area contributed by atoms with Crippen molar-refractivity contribution in [3.8, 4) is 0 Å². The molecule has 2 fully saturated rings. The van der Waals surface area contributed by atoms with Crippen molar-refractivity contribution in [2.45, 2.75) is 38.6 Å². The van der Waals surface area contributed by atoms with Crippen LogP contribution in [0.3, 0.4) is 0 Å². The van der Waals surface area contributed by atoms with Crippen LogP contribution in [0, 0.1) is 6.92 Å². The molecule has 0 aromatic heterocycles. The van der Waals surface area contributed by atoms with Gasteiger partial charge in [0.25, 0.3) is 0 Å². The van der Waals surface area contributed by atoms with Crippen molar-refractivity contribution >= 4 is 5.69 Å². The second-order valence-corrected chi connectivity index (χ2v) is 5.80. The summed E-state index contributed by atoms with van der Waals surface area (Å²) in [5, 5.41) is 0. The monoisotopic (exact) mass is 244 g/mol. The van der Waals surface area contributed by atoms with E-state index in [1.165, 1.54) is 63.1 Å². The predicted molar refractivity (Wildman–Crippen MR) is 77.2 cm³/mol. The van der Waals surface area contributed by atoms with Gasteiger partial charge < -0.3 is 9.80 Å². The Hall–Kier alpha value is -1.02. The van der Waals surface area contributed by atoms with Gasteiger partial charge in [-0.2, -0.15) is 0 Å². The van der Waals surface area contributed by atoms with Gasteiger partial charge in [-0.15, -0.1) is 0 Å². The van der Waals surface area contributed by atoms with Crippen molar-refractivity contribution in [1.29, 1.82) is 0 Å². The van der Waals surface area contributed by atoms with Gasteiger partial charge in [0.05, 0.1) is 0 Å². The van der Waals surface area contributed by atoms with E-state index in [4.69, 9.17) is 0 Å². The second-order valence-electron chi connectivity index (χ2n) is 5.80. The van der Waals surface area contributed by atoms with Crippen molar-refractivity contribution in [3.63, 3.8) is 0 Å². The van der Waals surface area contributed by atoms with E-state index in [1.807, 2.05) is 0 Å². The van der Waals surface area contributed by atoms with Crippen LogP contribution in [0.1, 0.15) is 31.2 Å². The Labute approximate surface area is 111 Å². The summed E-state index contributed by atoms with van der Waals surface area (Å²) < 4.78 is 0. The van der Waals surface area contributed by atoms with Crippen molar-refractivity contribution in [2.75, 3.05) is 31.1 Å². The molecule has 18 heavy (non-hydrogen) atoms. The standard InChI is InChI=1S/C16H24N2/c1-14-4-6-15(7-5-14)18-12-8-16(9-13-18)17-10-2-3-11-17/h4-7,16H,2-3,8-13H2,1H3. The number of rotatable bonds is 2. The van der Waals surface area contributed by atoms with Gasteiger partial charge >= 0.3 is 0 Å². The van der Waals surface area contributed by atoms with Gasteiger partial charge in [-0.05, 0) is 57.8 Å². The maximum Gasteiger partial charge on any atom is 0.0366 e. The second kappa shape index (κ2) is 5.31. The summed E-state index contributed by atoms with van der Waals surface area (Å²) in [5.74, 6) is 0. The van der Waals surface area contributed by atoms with E-state index in [0.717, 1.165) is 6.04 Å². The SMILES string of the molecule is Cc1ccc(N2CCC(N3CCCC3)CC2)cc1. The van der Waals surface area contributed by atoms with E-state index in [-0.39, 0.29) is 0 Å². The molecule has 0 saturated carbocycles. The first kappa shape index (κ1) is 12.0. The zero-order valence-corrected chi connectivity index (χ0v) is 11.4. The topological polar surface area (TPSA) is 6.48 Å². The molecule has 0 radical (unpaired) electrons. The third kappa shape index (κ3) is 2.54. The lowest BCUT2D eigenvalue weighted by Crippen LogP contribution is -2.43. The largest absolute Gasteiger partial charge is 0.371 e. The maximum absolute atomic E-state index is 2.71. The molecule has 2 nitrogen and oxygen atoms in total. The summed E-state index contributed by atoms with van der Waals surface area (Å²) in [7, 11) is 0. The molecule has 2 saturated heterocycles. The molecule has 0 bridgehead atoms. The maximum atomic E-state index is 2.71. The number of benzene rings is 1.